The monoisotopic (exact) mass is 201 g/mol. The topological polar surface area (TPSA) is 75.6 Å². The summed E-state index contributed by atoms with van der Waals surface area (Å²) in [4.78, 5) is 20.9. The van der Waals surface area contributed by atoms with Gasteiger partial charge in [-0.25, -0.2) is 4.79 Å². The number of ether oxygens (including phenoxy) is 1. The van der Waals surface area contributed by atoms with E-state index in [4.69, 9.17) is 9.84 Å². The maximum atomic E-state index is 10.8. The number of carboxylic acid groups (broad SMARTS) is 1. The van der Waals surface area contributed by atoms with Crippen LogP contribution in [-0.2, 0) is 9.53 Å². The van der Waals surface area contributed by atoms with Gasteiger partial charge < -0.3 is 15.2 Å². The molecule has 1 unspecified atom stereocenters. The number of rotatable bonds is 6. The Morgan fingerprint density at radius 1 is 1.64 bits per heavy atom. The van der Waals surface area contributed by atoms with E-state index in [2.05, 4.69) is 11.9 Å². The number of carbonyl (C=O) groups is 2. The van der Waals surface area contributed by atoms with E-state index in [1.807, 2.05) is 6.92 Å². The zero-order valence-electron chi connectivity index (χ0n) is 8.16. The highest BCUT2D eigenvalue weighted by Crippen LogP contribution is 2.02. The first-order chi connectivity index (χ1) is 6.56. The van der Waals surface area contributed by atoms with Crippen LogP contribution in [-0.4, -0.2) is 30.3 Å². The Labute approximate surface area is 82.7 Å². The first-order valence-corrected chi connectivity index (χ1v) is 4.29. The Kier molecular flexibility index (Phi) is 6.19. The second kappa shape index (κ2) is 6.94. The van der Waals surface area contributed by atoms with Gasteiger partial charge in [0.1, 0.15) is 6.54 Å². The predicted octanol–water partition coefficient (Wildman–Crippen LogP) is 1.01. The van der Waals surface area contributed by atoms with Crippen LogP contribution >= 0.6 is 0 Å². The van der Waals surface area contributed by atoms with Gasteiger partial charge >= 0.3 is 12.1 Å². The number of nitrogens with one attached hydrogen (secondary N) is 1. The third-order valence-electron chi connectivity index (χ3n) is 1.45. The molecule has 5 heteroatoms. The highest BCUT2D eigenvalue weighted by Gasteiger charge is 2.06. The molecule has 0 saturated carbocycles. The van der Waals surface area contributed by atoms with E-state index in [0.29, 0.717) is 0 Å². The van der Waals surface area contributed by atoms with Crippen molar-refractivity contribution in [2.45, 2.75) is 13.3 Å². The van der Waals surface area contributed by atoms with Gasteiger partial charge in [0.2, 0.25) is 0 Å². The molecule has 2 N–H and O–H groups in total. The standard InChI is InChI=1S/C9H15NO4/c1-3-4-7(2)6-14-9(13)10-5-8(11)12/h3,7H,1,4-6H2,2H3,(H,10,13)(H,11,12). The third kappa shape index (κ3) is 7.15. The quantitative estimate of drug-likeness (QED) is 0.629. The number of carboxylic acids is 1. The lowest BCUT2D eigenvalue weighted by Crippen LogP contribution is -2.30. The van der Waals surface area contributed by atoms with Gasteiger partial charge in [-0.1, -0.05) is 13.0 Å². The minimum Gasteiger partial charge on any atom is -0.480 e. The van der Waals surface area contributed by atoms with Gasteiger partial charge in [-0.2, -0.15) is 0 Å². The van der Waals surface area contributed by atoms with Crippen molar-refractivity contribution in [3.8, 4) is 0 Å². The van der Waals surface area contributed by atoms with Crippen LogP contribution in [0.2, 0.25) is 0 Å². The summed E-state index contributed by atoms with van der Waals surface area (Å²) >= 11 is 0. The largest absolute Gasteiger partial charge is 0.480 e. The predicted molar refractivity (Wildman–Crippen MR) is 51.0 cm³/mol. The van der Waals surface area contributed by atoms with Crippen molar-refractivity contribution in [1.29, 1.82) is 0 Å². The van der Waals surface area contributed by atoms with Crippen LogP contribution in [0.1, 0.15) is 13.3 Å². The zero-order chi connectivity index (χ0) is 11.0. The van der Waals surface area contributed by atoms with E-state index in [-0.39, 0.29) is 12.5 Å². The molecule has 0 aromatic carbocycles. The fourth-order valence-electron chi connectivity index (χ4n) is 0.769. The maximum absolute atomic E-state index is 10.8. The Morgan fingerprint density at radius 2 is 2.29 bits per heavy atom. The first kappa shape index (κ1) is 12.5. The number of amides is 1. The number of hydrogen-bond donors (Lipinski definition) is 2. The van der Waals surface area contributed by atoms with Crippen LogP contribution in [0.4, 0.5) is 4.79 Å². The number of carbonyl (C=O) groups excluding carboxylic acids is 1. The molecule has 0 rings (SSSR count). The highest BCUT2D eigenvalue weighted by atomic mass is 16.5. The summed E-state index contributed by atoms with van der Waals surface area (Å²) in [6.07, 6.45) is 1.79. The highest BCUT2D eigenvalue weighted by molar-refractivity contribution is 5.76. The maximum Gasteiger partial charge on any atom is 0.407 e. The molecule has 80 valence electrons. The summed E-state index contributed by atoms with van der Waals surface area (Å²) < 4.78 is 4.75. The molecule has 1 atom stereocenters. The molecule has 0 aromatic rings. The number of hydrogen-bond acceptors (Lipinski definition) is 3. The van der Waals surface area contributed by atoms with E-state index in [9.17, 15) is 9.59 Å². The van der Waals surface area contributed by atoms with Crippen LogP contribution in [0.5, 0.6) is 0 Å². The Hall–Kier alpha value is -1.52. The molecule has 0 spiro atoms. The summed E-state index contributed by atoms with van der Waals surface area (Å²) in [7, 11) is 0. The van der Waals surface area contributed by atoms with Gasteiger partial charge in [-0.3, -0.25) is 4.79 Å². The van der Waals surface area contributed by atoms with Crippen molar-refractivity contribution < 1.29 is 19.4 Å². The molecule has 0 aliphatic heterocycles. The molecule has 0 heterocycles. The van der Waals surface area contributed by atoms with Crippen LogP contribution in [0, 0.1) is 5.92 Å². The Morgan fingerprint density at radius 3 is 2.79 bits per heavy atom. The lowest BCUT2D eigenvalue weighted by molar-refractivity contribution is -0.135. The van der Waals surface area contributed by atoms with E-state index in [1.165, 1.54) is 0 Å². The molecule has 0 aliphatic carbocycles. The van der Waals surface area contributed by atoms with Crippen LogP contribution < -0.4 is 5.32 Å². The molecule has 14 heavy (non-hydrogen) atoms. The molecule has 0 aliphatic rings. The molecule has 0 saturated heterocycles. The van der Waals surface area contributed by atoms with Gasteiger partial charge in [0.25, 0.3) is 0 Å². The second-order valence-corrected chi connectivity index (χ2v) is 2.98. The van der Waals surface area contributed by atoms with E-state index in [1.54, 1.807) is 6.08 Å². The lowest BCUT2D eigenvalue weighted by Gasteiger charge is -2.09. The molecule has 5 nitrogen and oxygen atoms in total. The van der Waals surface area contributed by atoms with E-state index >= 15 is 0 Å². The average molecular weight is 201 g/mol. The van der Waals surface area contributed by atoms with E-state index < -0.39 is 18.6 Å². The fourth-order valence-corrected chi connectivity index (χ4v) is 0.769. The van der Waals surface area contributed by atoms with Crippen molar-refractivity contribution >= 4 is 12.1 Å². The van der Waals surface area contributed by atoms with Crippen molar-refractivity contribution in [1.82, 2.24) is 5.32 Å². The lowest BCUT2D eigenvalue weighted by atomic mass is 10.1. The number of alkyl carbamates (subject to hydrolysis) is 1. The SMILES string of the molecule is C=CCC(C)COC(=O)NCC(=O)O. The fraction of sp³-hybridized carbons (Fsp3) is 0.556. The Bertz CT molecular complexity index is 215. The van der Waals surface area contributed by atoms with Gasteiger partial charge in [-0.15, -0.1) is 6.58 Å². The van der Waals surface area contributed by atoms with Crippen molar-refractivity contribution in [2.24, 2.45) is 5.92 Å². The number of aliphatic carboxylic acids is 1. The van der Waals surface area contributed by atoms with Gasteiger partial charge in [-0.05, 0) is 12.3 Å². The minimum absolute atomic E-state index is 0.197. The Balaban J connectivity index is 3.52. The summed E-state index contributed by atoms with van der Waals surface area (Å²) in [5.74, 6) is -0.899. The molecule has 0 fully saturated rings. The molecular weight excluding hydrogens is 186 g/mol. The first-order valence-electron chi connectivity index (χ1n) is 4.29. The van der Waals surface area contributed by atoms with Crippen LogP contribution in [0.25, 0.3) is 0 Å². The van der Waals surface area contributed by atoms with Gasteiger partial charge in [0, 0.05) is 0 Å². The van der Waals surface area contributed by atoms with Crippen LogP contribution in [0.15, 0.2) is 12.7 Å². The average Bonchev–Trinajstić information content (AvgIpc) is 2.12. The summed E-state index contributed by atoms with van der Waals surface area (Å²) in [5, 5.41) is 10.3. The minimum atomic E-state index is -1.10. The second-order valence-electron chi connectivity index (χ2n) is 2.98. The molecule has 1 amide bonds. The summed E-state index contributed by atoms with van der Waals surface area (Å²) in [6, 6.07) is 0. The summed E-state index contributed by atoms with van der Waals surface area (Å²) in [6.45, 7) is 5.30. The van der Waals surface area contributed by atoms with E-state index in [0.717, 1.165) is 6.42 Å². The third-order valence-corrected chi connectivity index (χ3v) is 1.45. The van der Waals surface area contributed by atoms with Gasteiger partial charge in [0.15, 0.2) is 0 Å². The van der Waals surface area contributed by atoms with Gasteiger partial charge in [0.05, 0.1) is 6.61 Å². The van der Waals surface area contributed by atoms with Crippen LogP contribution in [0.3, 0.4) is 0 Å². The van der Waals surface area contributed by atoms with Crippen molar-refractivity contribution in [3.05, 3.63) is 12.7 Å². The molecule has 0 radical (unpaired) electrons. The zero-order valence-corrected chi connectivity index (χ0v) is 8.16. The number of allylic oxidation sites excluding steroid dienone is 1. The molecule has 0 bridgehead atoms. The van der Waals surface area contributed by atoms with Crippen molar-refractivity contribution in [2.75, 3.05) is 13.2 Å². The summed E-state index contributed by atoms with van der Waals surface area (Å²) in [5.41, 5.74) is 0. The molecular formula is C9H15NO4. The normalized spacial score (nSPS) is 11.5. The van der Waals surface area contributed by atoms with Crippen molar-refractivity contribution in [3.63, 3.8) is 0 Å². The smallest absolute Gasteiger partial charge is 0.407 e. The molecule has 0 aromatic heterocycles.